The van der Waals surface area contributed by atoms with E-state index in [-0.39, 0.29) is 13.1 Å². The third-order valence-corrected chi connectivity index (χ3v) is 2.10. The largest absolute Gasteiger partial charge is 0.287 e. The van der Waals surface area contributed by atoms with Crippen molar-refractivity contribution in [1.82, 2.24) is 4.90 Å². The molecule has 1 nitrogen and oxygen atoms in total. The first-order valence-corrected chi connectivity index (χ1v) is 4.21. The van der Waals surface area contributed by atoms with Gasteiger partial charge in [-0.2, -0.15) is 0 Å². The molecule has 0 aliphatic carbocycles. The molecule has 0 spiro atoms. The van der Waals surface area contributed by atoms with Crippen LogP contribution >= 0.6 is 0 Å². The van der Waals surface area contributed by atoms with E-state index in [1.54, 1.807) is 17.0 Å². The van der Waals surface area contributed by atoms with E-state index >= 15 is 0 Å². The average molecular weight is 182 g/mol. The zero-order chi connectivity index (χ0) is 9.31. The van der Waals surface area contributed by atoms with Crippen molar-refractivity contribution in [1.29, 1.82) is 0 Å². The highest BCUT2D eigenvalue weighted by atomic mass is 19.3. The molecule has 2 rings (SSSR count). The van der Waals surface area contributed by atoms with Crippen molar-refractivity contribution >= 4 is 0 Å². The quantitative estimate of drug-likeness (QED) is 0.675. The Bertz CT molecular complexity index is 276. The minimum absolute atomic E-state index is 0.106. The van der Waals surface area contributed by atoms with Gasteiger partial charge in [0.15, 0.2) is 0 Å². The van der Waals surface area contributed by atoms with Gasteiger partial charge in [-0.3, -0.25) is 4.90 Å². The molecule has 1 saturated heterocycles. The lowest BCUT2D eigenvalue weighted by molar-refractivity contribution is -0.133. The Kier molecular flexibility index (Phi) is 2.04. The van der Waals surface area contributed by atoms with Gasteiger partial charge in [0.1, 0.15) is 0 Å². The first-order valence-electron chi connectivity index (χ1n) is 4.21. The molecule has 0 aromatic heterocycles. The average Bonchev–Trinajstić information content (AvgIpc) is 2.03. The predicted molar refractivity (Wildman–Crippen MR) is 45.5 cm³/mol. The lowest BCUT2D eigenvalue weighted by Crippen LogP contribution is -2.55. The summed E-state index contributed by atoms with van der Waals surface area (Å²) >= 11 is 0. The second kappa shape index (κ2) is 3.07. The van der Waals surface area contributed by atoms with Crippen LogP contribution < -0.4 is 0 Å². The third kappa shape index (κ3) is 2.04. The number of benzene rings is 1. The number of halogens is 2. The zero-order valence-electron chi connectivity index (χ0n) is 7.13. The van der Waals surface area contributed by atoms with E-state index in [9.17, 15) is 8.78 Å². The summed E-state index contributed by atoms with van der Waals surface area (Å²) in [5, 5.41) is 0. The van der Waals surface area contributed by atoms with E-state index in [4.69, 9.17) is 0 Å². The van der Waals surface area contributed by atoms with E-state index in [1.165, 1.54) is 0 Å². The molecule has 1 aromatic rings. The van der Waals surface area contributed by atoms with Gasteiger partial charge in [-0.15, -0.1) is 0 Å². The molecule has 1 aliphatic rings. The van der Waals surface area contributed by atoms with Crippen LogP contribution in [0.2, 0.25) is 0 Å². The van der Waals surface area contributed by atoms with Gasteiger partial charge in [-0.05, 0) is 11.6 Å². The van der Waals surface area contributed by atoms with Crippen molar-refractivity contribution in [2.75, 3.05) is 13.1 Å². The van der Waals surface area contributed by atoms with Crippen LogP contribution in [0.3, 0.4) is 0 Å². The number of nitrogens with zero attached hydrogens (tertiary/aromatic N) is 1. The Balaban J connectivity index is 1.88. The number of alkyl halides is 2. The summed E-state index contributed by atoms with van der Waals surface area (Å²) in [6.07, 6.45) is 0. The second-order valence-corrected chi connectivity index (χ2v) is 3.41. The third-order valence-electron chi connectivity index (χ3n) is 2.10. The van der Waals surface area contributed by atoms with Crippen LogP contribution in [0.5, 0.6) is 0 Å². The summed E-state index contributed by atoms with van der Waals surface area (Å²) in [6, 6.07) is 10.3. The van der Waals surface area contributed by atoms with Crippen LogP contribution in [0.15, 0.2) is 24.3 Å². The monoisotopic (exact) mass is 182 g/mol. The van der Waals surface area contributed by atoms with Gasteiger partial charge in [-0.25, -0.2) is 8.78 Å². The highest BCUT2D eigenvalue weighted by Gasteiger charge is 2.43. The molecule has 1 aliphatic heterocycles. The van der Waals surface area contributed by atoms with E-state index in [0.29, 0.717) is 6.54 Å². The Labute approximate surface area is 76.0 Å². The fourth-order valence-corrected chi connectivity index (χ4v) is 1.50. The Morgan fingerprint density at radius 3 is 2.46 bits per heavy atom. The first kappa shape index (κ1) is 8.63. The van der Waals surface area contributed by atoms with Crippen LogP contribution in [0.4, 0.5) is 8.78 Å². The molecule has 0 saturated carbocycles. The standard InChI is InChI=1S/C10H10F2N/c11-10(12)7-13(8-10)6-9-4-2-1-3-5-9/h2-5H,6-8H2. The van der Waals surface area contributed by atoms with Gasteiger partial charge in [0, 0.05) is 6.54 Å². The number of likely N-dealkylation sites (tertiary alicyclic amines) is 1. The molecule has 1 aromatic carbocycles. The molecular formula is C10H10F2N. The molecule has 0 bridgehead atoms. The van der Waals surface area contributed by atoms with Crippen molar-refractivity contribution in [2.24, 2.45) is 0 Å². The van der Waals surface area contributed by atoms with Crippen LogP contribution in [0.25, 0.3) is 0 Å². The van der Waals surface area contributed by atoms with Crippen molar-refractivity contribution < 1.29 is 8.78 Å². The Hall–Kier alpha value is -0.960. The fourth-order valence-electron chi connectivity index (χ4n) is 1.50. The van der Waals surface area contributed by atoms with E-state index in [2.05, 4.69) is 6.07 Å². The molecule has 1 heterocycles. The molecular weight excluding hydrogens is 172 g/mol. The summed E-state index contributed by atoms with van der Waals surface area (Å²) in [7, 11) is 0. The number of rotatable bonds is 2. The molecule has 0 atom stereocenters. The van der Waals surface area contributed by atoms with Crippen LogP contribution in [0, 0.1) is 6.07 Å². The zero-order valence-corrected chi connectivity index (χ0v) is 7.13. The molecule has 1 radical (unpaired) electrons. The minimum atomic E-state index is -2.46. The smallest absolute Gasteiger partial charge is 0.272 e. The summed E-state index contributed by atoms with van der Waals surface area (Å²) in [4.78, 5) is 1.73. The van der Waals surface area contributed by atoms with Crippen molar-refractivity contribution in [3.05, 3.63) is 35.9 Å². The van der Waals surface area contributed by atoms with E-state index in [1.807, 2.05) is 12.1 Å². The Morgan fingerprint density at radius 1 is 1.31 bits per heavy atom. The summed E-state index contributed by atoms with van der Waals surface area (Å²) < 4.78 is 24.9. The fraction of sp³-hybridized carbons (Fsp3) is 0.400. The maximum atomic E-state index is 12.4. The molecule has 69 valence electrons. The minimum Gasteiger partial charge on any atom is -0.287 e. The van der Waals surface area contributed by atoms with Gasteiger partial charge < -0.3 is 0 Å². The van der Waals surface area contributed by atoms with Gasteiger partial charge in [0.2, 0.25) is 0 Å². The first-order chi connectivity index (χ1) is 6.16. The SMILES string of the molecule is FC1(F)CN(Cc2cc[c]cc2)C1. The Morgan fingerprint density at radius 2 is 1.92 bits per heavy atom. The molecule has 13 heavy (non-hydrogen) atoms. The van der Waals surface area contributed by atoms with Gasteiger partial charge in [0.05, 0.1) is 13.1 Å². The number of hydrogen-bond acceptors (Lipinski definition) is 1. The maximum absolute atomic E-state index is 12.4. The van der Waals surface area contributed by atoms with Crippen LogP contribution in [-0.2, 0) is 6.54 Å². The van der Waals surface area contributed by atoms with Crippen molar-refractivity contribution in [3.63, 3.8) is 0 Å². The highest BCUT2D eigenvalue weighted by Crippen LogP contribution is 2.27. The molecule has 0 amide bonds. The predicted octanol–water partition coefficient (Wildman–Crippen LogP) is 1.94. The maximum Gasteiger partial charge on any atom is 0.272 e. The topological polar surface area (TPSA) is 3.24 Å². The molecule has 3 heteroatoms. The lowest BCUT2D eigenvalue weighted by Gasteiger charge is -2.38. The summed E-state index contributed by atoms with van der Waals surface area (Å²) in [6.45, 7) is 0.404. The van der Waals surface area contributed by atoms with Gasteiger partial charge >= 0.3 is 0 Å². The van der Waals surface area contributed by atoms with Crippen LogP contribution in [-0.4, -0.2) is 23.9 Å². The summed E-state index contributed by atoms with van der Waals surface area (Å²) in [5.74, 6) is -2.46. The molecule has 0 N–H and O–H groups in total. The van der Waals surface area contributed by atoms with Gasteiger partial charge in [0.25, 0.3) is 5.92 Å². The second-order valence-electron chi connectivity index (χ2n) is 3.41. The van der Waals surface area contributed by atoms with Crippen LogP contribution in [0.1, 0.15) is 5.56 Å². The van der Waals surface area contributed by atoms with Gasteiger partial charge in [-0.1, -0.05) is 24.3 Å². The van der Waals surface area contributed by atoms with E-state index in [0.717, 1.165) is 5.56 Å². The normalized spacial score (nSPS) is 21.1. The number of hydrogen-bond donors (Lipinski definition) is 0. The van der Waals surface area contributed by atoms with E-state index < -0.39 is 5.92 Å². The highest BCUT2D eigenvalue weighted by molar-refractivity contribution is 5.14. The molecule has 1 fully saturated rings. The van der Waals surface area contributed by atoms with Crippen molar-refractivity contribution in [2.45, 2.75) is 12.5 Å². The summed E-state index contributed by atoms with van der Waals surface area (Å²) in [5.41, 5.74) is 1.06. The van der Waals surface area contributed by atoms with Crippen molar-refractivity contribution in [3.8, 4) is 0 Å². The molecule has 0 unspecified atom stereocenters. The lowest BCUT2D eigenvalue weighted by atomic mass is 10.1.